The van der Waals surface area contributed by atoms with Gasteiger partial charge in [-0.05, 0) is 13.3 Å². The number of nitrogens with two attached hydrogens (primary N) is 1. The van der Waals surface area contributed by atoms with Crippen molar-refractivity contribution in [1.82, 2.24) is 5.32 Å². The van der Waals surface area contributed by atoms with Gasteiger partial charge in [-0.2, -0.15) is 0 Å². The van der Waals surface area contributed by atoms with Gasteiger partial charge < -0.3 is 20.5 Å². The lowest BCUT2D eigenvalue weighted by Gasteiger charge is -2.27. The maximum Gasteiger partial charge on any atom is 0.246 e. The zero-order valence-corrected chi connectivity index (χ0v) is 9.84. The van der Waals surface area contributed by atoms with Crippen molar-refractivity contribution in [1.29, 1.82) is 0 Å². The molecule has 0 bridgehead atoms. The number of hydrogen-bond acceptors (Lipinski definition) is 4. The lowest BCUT2D eigenvalue weighted by atomic mass is 9.99. The van der Waals surface area contributed by atoms with Crippen molar-refractivity contribution in [3.63, 3.8) is 0 Å². The van der Waals surface area contributed by atoms with Crippen molar-refractivity contribution in [3.05, 3.63) is 0 Å². The van der Waals surface area contributed by atoms with Gasteiger partial charge in [0.2, 0.25) is 5.91 Å². The highest BCUT2D eigenvalue weighted by Crippen LogP contribution is 2.05. The second kappa shape index (κ2) is 7.62. The van der Waals surface area contributed by atoms with Crippen molar-refractivity contribution < 1.29 is 14.3 Å². The van der Waals surface area contributed by atoms with Crippen LogP contribution in [-0.2, 0) is 14.3 Å². The number of ether oxygens (including phenoxy) is 2. The average Bonchev–Trinajstić information content (AvgIpc) is 2.24. The van der Waals surface area contributed by atoms with Crippen LogP contribution in [0.25, 0.3) is 0 Å². The van der Waals surface area contributed by atoms with Gasteiger partial charge in [-0.1, -0.05) is 6.92 Å². The molecular formula is C10H22N2O3. The fourth-order valence-corrected chi connectivity index (χ4v) is 0.964. The Bertz CT molecular complexity index is 182. The third-order valence-electron chi connectivity index (χ3n) is 2.34. The van der Waals surface area contributed by atoms with Gasteiger partial charge in [-0.3, -0.25) is 4.79 Å². The largest absolute Gasteiger partial charge is 0.382 e. The van der Waals surface area contributed by atoms with Gasteiger partial charge >= 0.3 is 0 Å². The predicted molar refractivity (Wildman–Crippen MR) is 58.6 cm³/mol. The van der Waals surface area contributed by atoms with E-state index in [0.717, 1.165) is 6.42 Å². The van der Waals surface area contributed by atoms with Gasteiger partial charge in [0.05, 0.1) is 13.2 Å². The van der Waals surface area contributed by atoms with E-state index in [-0.39, 0.29) is 18.1 Å². The lowest BCUT2D eigenvalue weighted by molar-refractivity contribution is -0.127. The minimum Gasteiger partial charge on any atom is -0.382 e. The van der Waals surface area contributed by atoms with Crippen LogP contribution in [0.3, 0.4) is 0 Å². The molecule has 0 aromatic rings. The monoisotopic (exact) mass is 218 g/mol. The molecule has 0 radical (unpaired) electrons. The molecule has 3 N–H and O–H groups in total. The number of methoxy groups -OCH3 is 1. The van der Waals surface area contributed by atoms with Crippen LogP contribution in [0.1, 0.15) is 20.3 Å². The van der Waals surface area contributed by atoms with Crippen molar-refractivity contribution >= 4 is 5.91 Å². The summed E-state index contributed by atoms with van der Waals surface area (Å²) in [7, 11) is 1.59. The molecule has 0 spiro atoms. The normalized spacial score (nSPS) is 14.7. The van der Waals surface area contributed by atoms with Gasteiger partial charge in [0.15, 0.2) is 0 Å². The Morgan fingerprint density at radius 2 is 2.13 bits per heavy atom. The van der Waals surface area contributed by atoms with Crippen molar-refractivity contribution in [3.8, 4) is 0 Å². The van der Waals surface area contributed by atoms with Crippen LogP contribution in [0.4, 0.5) is 0 Å². The summed E-state index contributed by atoms with van der Waals surface area (Å²) < 4.78 is 9.88. The molecular weight excluding hydrogens is 196 g/mol. The number of amides is 1. The second-order valence-corrected chi connectivity index (χ2v) is 3.71. The molecule has 0 aliphatic rings. The van der Waals surface area contributed by atoms with E-state index in [1.807, 2.05) is 13.8 Å². The highest BCUT2D eigenvalue weighted by atomic mass is 16.5. The summed E-state index contributed by atoms with van der Waals surface area (Å²) in [6, 6.07) is 0. The molecule has 5 nitrogen and oxygen atoms in total. The minimum absolute atomic E-state index is 0.0545. The summed E-state index contributed by atoms with van der Waals surface area (Å²) in [4.78, 5) is 11.4. The van der Waals surface area contributed by atoms with E-state index in [1.54, 1.807) is 7.11 Å². The van der Waals surface area contributed by atoms with Gasteiger partial charge in [-0.25, -0.2) is 0 Å². The first-order chi connectivity index (χ1) is 7.08. The Balaban J connectivity index is 3.72. The van der Waals surface area contributed by atoms with E-state index >= 15 is 0 Å². The van der Waals surface area contributed by atoms with E-state index in [2.05, 4.69) is 5.32 Å². The van der Waals surface area contributed by atoms with Crippen LogP contribution >= 0.6 is 0 Å². The number of carbonyl (C=O) groups is 1. The highest BCUT2D eigenvalue weighted by molar-refractivity contribution is 5.78. The Labute approximate surface area is 91.3 Å². The van der Waals surface area contributed by atoms with E-state index in [0.29, 0.717) is 19.8 Å². The average molecular weight is 218 g/mol. The van der Waals surface area contributed by atoms with E-state index in [4.69, 9.17) is 15.2 Å². The number of rotatable bonds is 8. The van der Waals surface area contributed by atoms with Crippen LogP contribution in [0.2, 0.25) is 0 Å². The second-order valence-electron chi connectivity index (χ2n) is 3.71. The molecule has 0 saturated heterocycles. The third-order valence-corrected chi connectivity index (χ3v) is 2.34. The van der Waals surface area contributed by atoms with Crippen molar-refractivity contribution in [2.45, 2.75) is 25.8 Å². The molecule has 0 aromatic carbocycles. The highest BCUT2D eigenvalue weighted by Gasteiger charge is 2.21. The van der Waals surface area contributed by atoms with Gasteiger partial charge in [0.1, 0.15) is 6.61 Å². The smallest absolute Gasteiger partial charge is 0.246 e. The van der Waals surface area contributed by atoms with Gasteiger partial charge in [0, 0.05) is 19.2 Å². The van der Waals surface area contributed by atoms with Gasteiger partial charge in [0.25, 0.3) is 0 Å². The summed E-state index contributed by atoms with van der Waals surface area (Å²) >= 11 is 0. The topological polar surface area (TPSA) is 73.6 Å². The third kappa shape index (κ3) is 6.43. The first-order valence-electron chi connectivity index (χ1n) is 5.15. The van der Waals surface area contributed by atoms with Gasteiger partial charge in [-0.15, -0.1) is 0 Å². The Hall–Kier alpha value is -0.650. The molecule has 0 heterocycles. The van der Waals surface area contributed by atoms with E-state index < -0.39 is 0 Å². The molecule has 0 aliphatic carbocycles. The fraction of sp³-hybridized carbons (Fsp3) is 0.900. The molecule has 0 fully saturated rings. The molecule has 5 heteroatoms. The van der Waals surface area contributed by atoms with Crippen LogP contribution in [0, 0.1) is 0 Å². The number of carbonyl (C=O) groups excluding carboxylic acids is 1. The molecule has 1 unspecified atom stereocenters. The molecule has 1 atom stereocenters. The fourth-order valence-electron chi connectivity index (χ4n) is 0.964. The number of nitrogens with one attached hydrogen (secondary N) is 1. The zero-order valence-electron chi connectivity index (χ0n) is 9.84. The van der Waals surface area contributed by atoms with Crippen LogP contribution in [-0.4, -0.2) is 44.9 Å². The first-order valence-corrected chi connectivity index (χ1v) is 5.15. The van der Waals surface area contributed by atoms with Crippen LogP contribution in [0.15, 0.2) is 0 Å². The summed E-state index contributed by atoms with van der Waals surface area (Å²) in [6.45, 7) is 5.30. The molecule has 0 rings (SSSR count). The van der Waals surface area contributed by atoms with Crippen LogP contribution in [0.5, 0.6) is 0 Å². The SMILES string of the molecule is CCC(C)(CN)NC(=O)COCCOC. The molecule has 90 valence electrons. The maximum atomic E-state index is 11.4. The summed E-state index contributed by atoms with van der Waals surface area (Å²) in [5, 5.41) is 2.84. The Morgan fingerprint density at radius 3 is 2.60 bits per heavy atom. The zero-order chi connectivity index (χ0) is 11.7. The Morgan fingerprint density at radius 1 is 1.47 bits per heavy atom. The lowest BCUT2D eigenvalue weighted by Crippen LogP contribution is -2.51. The quantitative estimate of drug-likeness (QED) is 0.558. The summed E-state index contributed by atoms with van der Waals surface area (Å²) in [5.74, 6) is -0.138. The molecule has 1 amide bonds. The molecule has 0 saturated carbocycles. The minimum atomic E-state index is -0.332. The van der Waals surface area contributed by atoms with Crippen LogP contribution < -0.4 is 11.1 Å². The van der Waals surface area contributed by atoms with Crippen molar-refractivity contribution in [2.75, 3.05) is 33.5 Å². The molecule has 0 aromatic heterocycles. The van der Waals surface area contributed by atoms with Crippen molar-refractivity contribution in [2.24, 2.45) is 5.73 Å². The molecule has 15 heavy (non-hydrogen) atoms. The summed E-state index contributed by atoms with van der Waals surface area (Å²) in [5.41, 5.74) is 5.24. The standard InChI is InChI=1S/C10H22N2O3/c1-4-10(2,8-11)12-9(13)7-15-6-5-14-3/h4-8,11H2,1-3H3,(H,12,13). The van der Waals surface area contributed by atoms with E-state index in [9.17, 15) is 4.79 Å². The number of hydrogen-bond donors (Lipinski definition) is 2. The maximum absolute atomic E-state index is 11.4. The predicted octanol–water partition coefficient (Wildman–Crippen LogP) is -0.107. The summed E-state index contributed by atoms with van der Waals surface area (Å²) in [6.07, 6.45) is 0.799. The first kappa shape index (κ1) is 14.3. The molecule has 0 aliphatic heterocycles. The Kier molecular flexibility index (Phi) is 7.29. The van der Waals surface area contributed by atoms with E-state index in [1.165, 1.54) is 0 Å².